The minimum atomic E-state index is -1.27. The van der Waals surface area contributed by atoms with Gasteiger partial charge in [0, 0.05) is 14.1 Å². The van der Waals surface area contributed by atoms with Gasteiger partial charge in [0.1, 0.15) is 11.6 Å². The van der Waals surface area contributed by atoms with Crippen molar-refractivity contribution in [2.45, 2.75) is 0 Å². The maximum atomic E-state index is 10.7. The summed E-state index contributed by atoms with van der Waals surface area (Å²) in [4.78, 5) is 17.2. The van der Waals surface area contributed by atoms with E-state index in [9.17, 15) is 4.79 Å². The highest BCUT2D eigenvalue weighted by atomic mass is 32.1. The molecule has 0 aliphatic rings. The van der Waals surface area contributed by atoms with Gasteiger partial charge in [-0.3, -0.25) is 0 Å². The highest BCUT2D eigenvalue weighted by Crippen LogP contribution is 2.32. The summed E-state index contributed by atoms with van der Waals surface area (Å²) in [6, 6.07) is 1.61. The molecule has 1 heterocycles. The van der Waals surface area contributed by atoms with Gasteiger partial charge in [0.2, 0.25) is 5.88 Å². The summed E-state index contributed by atoms with van der Waals surface area (Å²) < 4.78 is 5.03. The first-order chi connectivity index (χ1) is 7.99. The number of ether oxygens (including phenoxy) is 1. The third kappa shape index (κ3) is 2.95. The third-order valence-corrected chi connectivity index (χ3v) is 2.96. The monoisotopic (exact) mass is 253 g/mol. The van der Waals surface area contributed by atoms with Gasteiger partial charge in [-0.2, -0.15) is 10.2 Å². The lowest BCUT2D eigenvalue weighted by atomic mass is 10.2. The zero-order valence-corrected chi connectivity index (χ0v) is 10.4. The van der Waals surface area contributed by atoms with Crippen LogP contribution in [0.3, 0.4) is 0 Å². The number of carboxylic acid groups (broad SMARTS) is 1. The van der Waals surface area contributed by atoms with E-state index in [1.54, 1.807) is 11.0 Å². The lowest BCUT2D eigenvalue weighted by Crippen LogP contribution is -2.07. The molecule has 7 heteroatoms. The second-order valence-corrected chi connectivity index (χ2v) is 4.25. The molecule has 0 bridgehead atoms. The van der Waals surface area contributed by atoms with Gasteiger partial charge in [-0.15, -0.1) is 0 Å². The van der Waals surface area contributed by atoms with E-state index in [-0.39, 0.29) is 5.57 Å². The molecule has 0 amide bonds. The van der Waals surface area contributed by atoms with Crippen molar-refractivity contribution in [2.75, 3.05) is 26.1 Å². The number of thiazole rings is 1. The molecule has 1 aromatic heterocycles. The minimum Gasteiger partial charge on any atom is -0.480 e. The number of anilines is 1. The molecule has 6 nitrogen and oxygen atoms in total. The van der Waals surface area contributed by atoms with Crippen molar-refractivity contribution >= 4 is 28.5 Å². The number of methoxy groups -OCH3 is 1. The van der Waals surface area contributed by atoms with Crippen LogP contribution in [0.4, 0.5) is 5.13 Å². The summed E-state index contributed by atoms with van der Waals surface area (Å²) in [6.45, 7) is 0. The van der Waals surface area contributed by atoms with Crippen molar-refractivity contribution in [3.63, 3.8) is 0 Å². The van der Waals surface area contributed by atoms with E-state index in [2.05, 4.69) is 4.98 Å². The maximum Gasteiger partial charge on any atom is 0.346 e. The smallest absolute Gasteiger partial charge is 0.346 e. The quantitative estimate of drug-likeness (QED) is 0.641. The minimum absolute atomic E-state index is 0.313. The van der Waals surface area contributed by atoms with Crippen LogP contribution in [0.25, 0.3) is 6.08 Å². The molecule has 1 rings (SSSR count). The van der Waals surface area contributed by atoms with Crippen molar-refractivity contribution in [3.05, 3.63) is 10.5 Å². The van der Waals surface area contributed by atoms with Gasteiger partial charge in [-0.1, -0.05) is 11.3 Å². The topological polar surface area (TPSA) is 86.5 Å². The summed E-state index contributed by atoms with van der Waals surface area (Å²) in [6.07, 6.45) is 1.26. The van der Waals surface area contributed by atoms with Crippen LogP contribution in [-0.4, -0.2) is 37.3 Å². The zero-order valence-electron chi connectivity index (χ0n) is 9.59. The van der Waals surface area contributed by atoms with Gasteiger partial charge >= 0.3 is 5.97 Å². The molecule has 0 fully saturated rings. The van der Waals surface area contributed by atoms with E-state index < -0.39 is 5.97 Å². The Labute approximate surface area is 102 Å². The lowest BCUT2D eigenvalue weighted by Gasteiger charge is -2.04. The Morgan fingerprint density at radius 1 is 1.65 bits per heavy atom. The molecular formula is C10H11N3O3S. The second kappa shape index (κ2) is 5.32. The molecular weight excluding hydrogens is 242 g/mol. The summed E-state index contributed by atoms with van der Waals surface area (Å²) in [5.41, 5.74) is -0.350. The molecule has 0 atom stereocenters. The summed E-state index contributed by atoms with van der Waals surface area (Å²) in [5.74, 6) is -0.956. The second-order valence-electron chi connectivity index (χ2n) is 3.24. The molecule has 90 valence electrons. The number of aliphatic carboxylic acids is 1. The van der Waals surface area contributed by atoms with Crippen molar-refractivity contribution in [1.82, 2.24) is 4.98 Å². The Kier molecular flexibility index (Phi) is 4.06. The molecule has 17 heavy (non-hydrogen) atoms. The SMILES string of the molecule is COc1nc(N(C)C)sc1/C=C(\C#N)C(=O)O. The first-order valence-electron chi connectivity index (χ1n) is 4.56. The van der Waals surface area contributed by atoms with Crippen molar-refractivity contribution in [3.8, 4) is 11.9 Å². The Hall–Kier alpha value is -2.07. The van der Waals surface area contributed by atoms with Crippen LogP contribution in [0, 0.1) is 11.3 Å². The van der Waals surface area contributed by atoms with Gasteiger partial charge < -0.3 is 14.7 Å². The Morgan fingerprint density at radius 2 is 2.29 bits per heavy atom. The van der Waals surface area contributed by atoms with E-state index >= 15 is 0 Å². The number of nitriles is 1. The number of carbonyl (C=O) groups is 1. The van der Waals surface area contributed by atoms with Crippen LogP contribution in [-0.2, 0) is 4.79 Å². The van der Waals surface area contributed by atoms with E-state index in [0.29, 0.717) is 15.9 Å². The summed E-state index contributed by atoms with van der Waals surface area (Å²) in [7, 11) is 5.07. The largest absolute Gasteiger partial charge is 0.480 e. The molecule has 1 N–H and O–H groups in total. The van der Waals surface area contributed by atoms with Crippen LogP contribution in [0.1, 0.15) is 4.88 Å². The van der Waals surface area contributed by atoms with Gasteiger partial charge in [0.25, 0.3) is 0 Å². The fraction of sp³-hybridized carbons (Fsp3) is 0.300. The Bertz CT molecular complexity index is 499. The lowest BCUT2D eigenvalue weighted by molar-refractivity contribution is -0.132. The van der Waals surface area contributed by atoms with E-state index in [1.165, 1.54) is 24.5 Å². The number of aromatic nitrogens is 1. The van der Waals surface area contributed by atoms with Crippen molar-refractivity contribution in [2.24, 2.45) is 0 Å². The normalized spacial score (nSPS) is 10.8. The van der Waals surface area contributed by atoms with Crippen LogP contribution in [0.2, 0.25) is 0 Å². The predicted octanol–water partition coefficient (Wildman–Crippen LogP) is 1.21. The van der Waals surface area contributed by atoms with Gasteiger partial charge in [0.05, 0.1) is 12.0 Å². The van der Waals surface area contributed by atoms with Crippen molar-refractivity contribution < 1.29 is 14.6 Å². The fourth-order valence-electron chi connectivity index (χ4n) is 1.01. The molecule has 0 unspecified atom stereocenters. The Balaban J connectivity index is 3.22. The number of rotatable bonds is 4. The first kappa shape index (κ1) is 13.0. The van der Waals surface area contributed by atoms with E-state index in [4.69, 9.17) is 15.1 Å². The maximum absolute atomic E-state index is 10.7. The van der Waals surface area contributed by atoms with E-state index in [1.807, 2.05) is 14.1 Å². The molecule has 0 saturated heterocycles. The number of nitrogens with zero attached hydrogens (tertiary/aromatic N) is 3. The fourth-order valence-corrected chi connectivity index (χ4v) is 1.91. The molecule has 1 aromatic rings. The number of hydrogen-bond donors (Lipinski definition) is 1. The van der Waals surface area contributed by atoms with E-state index in [0.717, 1.165) is 0 Å². The van der Waals surface area contributed by atoms with Crippen LogP contribution in [0.15, 0.2) is 5.57 Å². The number of carboxylic acids is 1. The highest BCUT2D eigenvalue weighted by Gasteiger charge is 2.14. The van der Waals surface area contributed by atoms with Crippen molar-refractivity contribution in [1.29, 1.82) is 5.26 Å². The first-order valence-corrected chi connectivity index (χ1v) is 5.38. The van der Waals surface area contributed by atoms with Gasteiger partial charge in [-0.25, -0.2) is 4.79 Å². The standard InChI is InChI=1S/C10H11N3O3S/c1-13(2)10-12-8(16-3)7(17-10)4-6(5-11)9(14)15/h4H,1-3H3,(H,14,15)/b6-4+. The van der Waals surface area contributed by atoms with Gasteiger partial charge in [0.15, 0.2) is 5.13 Å². The molecule has 0 saturated carbocycles. The zero-order chi connectivity index (χ0) is 13.0. The van der Waals surface area contributed by atoms with Crippen LogP contribution < -0.4 is 9.64 Å². The molecule has 0 aliphatic carbocycles. The van der Waals surface area contributed by atoms with Crippen LogP contribution in [0.5, 0.6) is 5.88 Å². The van der Waals surface area contributed by atoms with Gasteiger partial charge in [-0.05, 0) is 6.08 Å². The molecule has 0 radical (unpaired) electrons. The summed E-state index contributed by atoms with van der Waals surface area (Å²) in [5, 5.41) is 18.1. The summed E-state index contributed by atoms with van der Waals surface area (Å²) >= 11 is 1.25. The highest BCUT2D eigenvalue weighted by molar-refractivity contribution is 7.16. The predicted molar refractivity (Wildman–Crippen MR) is 64.2 cm³/mol. The molecule has 0 spiro atoms. The van der Waals surface area contributed by atoms with Crippen LogP contribution >= 0.6 is 11.3 Å². The third-order valence-electron chi connectivity index (χ3n) is 1.81. The average Bonchev–Trinajstić information content (AvgIpc) is 2.68. The average molecular weight is 253 g/mol. The molecule has 0 aromatic carbocycles. The Morgan fingerprint density at radius 3 is 2.71 bits per heavy atom. The number of hydrogen-bond acceptors (Lipinski definition) is 6. The molecule has 0 aliphatic heterocycles.